The van der Waals surface area contributed by atoms with Crippen molar-refractivity contribution in [1.82, 2.24) is 10.2 Å². The van der Waals surface area contributed by atoms with Gasteiger partial charge in [-0.3, -0.25) is 4.90 Å². The van der Waals surface area contributed by atoms with Crippen molar-refractivity contribution in [1.29, 1.82) is 0 Å². The average molecular weight is 246 g/mol. The third-order valence-corrected chi connectivity index (χ3v) is 4.03. The second-order valence-electron chi connectivity index (χ2n) is 5.26. The fraction of sp³-hybridized carbons (Fsp3) is 0.625. The van der Waals surface area contributed by atoms with Gasteiger partial charge in [0.2, 0.25) is 0 Å². The Morgan fingerprint density at radius 3 is 2.33 bits per heavy atom. The first-order chi connectivity index (χ1) is 8.78. The predicted octanol–water partition coefficient (Wildman–Crippen LogP) is 2.99. The van der Waals surface area contributed by atoms with Gasteiger partial charge in [0.05, 0.1) is 0 Å². The van der Waals surface area contributed by atoms with Gasteiger partial charge in [-0.1, -0.05) is 38.1 Å². The minimum atomic E-state index is 0.455. The number of rotatable bonds is 7. The van der Waals surface area contributed by atoms with Crippen LogP contribution in [0.4, 0.5) is 0 Å². The Hall–Kier alpha value is -0.860. The van der Waals surface area contributed by atoms with Gasteiger partial charge in [0.15, 0.2) is 0 Å². The van der Waals surface area contributed by atoms with Crippen molar-refractivity contribution in [2.24, 2.45) is 0 Å². The zero-order valence-electron chi connectivity index (χ0n) is 11.9. The van der Waals surface area contributed by atoms with Crippen LogP contribution in [0.15, 0.2) is 24.3 Å². The Morgan fingerprint density at radius 2 is 1.89 bits per heavy atom. The lowest BCUT2D eigenvalue weighted by molar-refractivity contribution is 0.248. The number of aryl methyl sites for hydroxylation is 1. The van der Waals surface area contributed by atoms with Crippen molar-refractivity contribution in [3.63, 3.8) is 0 Å². The summed E-state index contributed by atoms with van der Waals surface area (Å²) in [6.45, 7) is 6.76. The van der Waals surface area contributed by atoms with E-state index in [1.165, 1.54) is 24.0 Å². The molecular weight excluding hydrogens is 220 g/mol. The molecule has 1 aliphatic rings. The summed E-state index contributed by atoms with van der Waals surface area (Å²) >= 11 is 0. The van der Waals surface area contributed by atoms with Crippen molar-refractivity contribution in [2.45, 2.75) is 45.2 Å². The maximum Gasteiger partial charge on any atom is 0.0446 e. The Kier molecular flexibility index (Phi) is 4.79. The normalized spacial score (nSPS) is 17.1. The average Bonchev–Trinajstić information content (AvgIpc) is 3.25. The van der Waals surface area contributed by atoms with Crippen molar-refractivity contribution >= 4 is 0 Å². The van der Waals surface area contributed by atoms with Gasteiger partial charge in [-0.2, -0.15) is 0 Å². The summed E-state index contributed by atoms with van der Waals surface area (Å²) in [5.41, 5.74) is 2.83. The monoisotopic (exact) mass is 246 g/mol. The van der Waals surface area contributed by atoms with Crippen LogP contribution in [0.5, 0.6) is 0 Å². The van der Waals surface area contributed by atoms with Gasteiger partial charge in [-0.15, -0.1) is 0 Å². The number of hydrogen-bond acceptors (Lipinski definition) is 2. The van der Waals surface area contributed by atoms with Gasteiger partial charge in [0.25, 0.3) is 0 Å². The van der Waals surface area contributed by atoms with E-state index in [0.29, 0.717) is 6.04 Å². The highest BCUT2D eigenvalue weighted by atomic mass is 15.2. The molecule has 0 radical (unpaired) electrons. The lowest BCUT2D eigenvalue weighted by atomic mass is 10.0. The number of nitrogens with zero attached hydrogens (tertiary/aromatic N) is 1. The fourth-order valence-corrected chi connectivity index (χ4v) is 2.56. The highest BCUT2D eigenvalue weighted by molar-refractivity contribution is 5.25. The molecule has 0 aliphatic heterocycles. The molecule has 0 bridgehead atoms. The van der Waals surface area contributed by atoms with E-state index in [2.05, 4.69) is 55.4 Å². The maximum atomic E-state index is 3.46. The molecular formula is C16H26N2. The van der Waals surface area contributed by atoms with E-state index in [9.17, 15) is 0 Å². The summed E-state index contributed by atoms with van der Waals surface area (Å²) in [5.74, 6) is 0. The second-order valence-corrected chi connectivity index (χ2v) is 5.26. The van der Waals surface area contributed by atoms with Crippen LogP contribution in [0, 0.1) is 0 Å². The standard InChI is InChI=1S/C16H26N2/c1-4-13-6-8-14(9-7-13)16(17-3)12-18(5-2)15-10-11-15/h6-9,15-17H,4-5,10-12H2,1-3H3. The van der Waals surface area contributed by atoms with Gasteiger partial charge in [-0.05, 0) is 44.0 Å². The first kappa shape index (κ1) is 13.6. The first-order valence-electron chi connectivity index (χ1n) is 7.28. The molecule has 0 spiro atoms. The predicted molar refractivity (Wildman–Crippen MR) is 77.9 cm³/mol. The van der Waals surface area contributed by atoms with E-state index in [1.807, 2.05) is 0 Å². The van der Waals surface area contributed by atoms with E-state index in [-0.39, 0.29) is 0 Å². The molecule has 1 saturated carbocycles. The van der Waals surface area contributed by atoms with Crippen molar-refractivity contribution < 1.29 is 0 Å². The number of nitrogens with one attached hydrogen (secondary N) is 1. The third kappa shape index (κ3) is 3.33. The minimum Gasteiger partial charge on any atom is -0.312 e. The number of benzene rings is 1. The Balaban J connectivity index is 2.01. The van der Waals surface area contributed by atoms with Crippen LogP contribution in [0.25, 0.3) is 0 Å². The largest absolute Gasteiger partial charge is 0.312 e. The molecule has 0 heterocycles. The third-order valence-electron chi connectivity index (χ3n) is 4.03. The Morgan fingerprint density at radius 1 is 1.22 bits per heavy atom. The molecule has 2 heteroatoms. The van der Waals surface area contributed by atoms with Crippen LogP contribution in [0.2, 0.25) is 0 Å². The molecule has 1 aromatic rings. The van der Waals surface area contributed by atoms with E-state index in [1.54, 1.807) is 0 Å². The summed E-state index contributed by atoms with van der Waals surface area (Å²) in [6, 6.07) is 10.4. The van der Waals surface area contributed by atoms with Crippen LogP contribution in [0.1, 0.15) is 43.9 Å². The van der Waals surface area contributed by atoms with Gasteiger partial charge < -0.3 is 5.32 Å². The summed E-state index contributed by atoms with van der Waals surface area (Å²) < 4.78 is 0. The molecule has 1 atom stereocenters. The lowest BCUT2D eigenvalue weighted by Crippen LogP contribution is -2.35. The first-order valence-corrected chi connectivity index (χ1v) is 7.28. The van der Waals surface area contributed by atoms with Crippen molar-refractivity contribution in [3.05, 3.63) is 35.4 Å². The Bertz CT molecular complexity index is 354. The quantitative estimate of drug-likeness (QED) is 0.795. The Labute approximate surface area is 111 Å². The summed E-state index contributed by atoms with van der Waals surface area (Å²) in [7, 11) is 2.07. The molecule has 1 aromatic carbocycles. The van der Waals surface area contributed by atoms with E-state index in [4.69, 9.17) is 0 Å². The van der Waals surface area contributed by atoms with Crippen LogP contribution < -0.4 is 5.32 Å². The van der Waals surface area contributed by atoms with Crippen molar-refractivity contribution in [3.8, 4) is 0 Å². The van der Waals surface area contributed by atoms with Crippen LogP contribution in [-0.2, 0) is 6.42 Å². The summed E-state index contributed by atoms with van der Waals surface area (Å²) in [4.78, 5) is 2.61. The SMILES string of the molecule is CCc1ccc(C(CN(CC)C2CC2)NC)cc1. The van der Waals surface area contributed by atoms with Gasteiger partial charge in [0, 0.05) is 18.6 Å². The molecule has 1 N–H and O–H groups in total. The lowest BCUT2D eigenvalue weighted by Gasteiger charge is -2.26. The highest BCUT2D eigenvalue weighted by Gasteiger charge is 2.29. The summed E-state index contributed by atoms with van der Waals surface area (Å²) in [5, 5.41) is 3.46. The maximum absolute atomic E-state index is 3.46. The molecule has 0 amide bonds. The molecule has 1 aliphatic carbocycles. The van der Waals surface area contributed by atoms with Crippen LogP contribution in [0.3, 0.4) is 0 Å². The van der Waals surface area contributed by atoms with Crippen LogP contribution >= 0.6 is 0 Å². The number of likely N-dealkylation sites (N-methyl/N-ethyl adjacent to an activating group) is 2. The molecule has 0 saturated heterocycles. The van der Waals surface area contributed by atoms with E-state index < -0.39 is 0 Å². The minimum absolute atomic E-state index is 0.455. The number of hydrogen-bond donors (Lipinski definition) is 1. The summed E-state index contributed by atoms with van der Waals surface area (Å²) in [6.07, 6.45) is 3.89. The van der Waals surface area contributed by atoms with Gasteiger partial charge in [0.1, 0.15) is 0 Å². The van der Waals surface area contributed by atoms with Crippen molar-refractivity contribution in [2.75, 3.05) is 20.1 Å². The molecule has 1 fully saturated rings. The molecule has 100 valence electrons. The zero-order chi connectivity index (χ0) is 13.0. The smallest absolute Gasteiger partial charge is 0.0446 e. The fourth-order valence-electron chi connectivity index (χ4n) is 2.56. The van der Waals surface area contributed by atoms with Gasteiger partial charge >= 0.3 is 0 Å². The molecule has 1 unspecified atom stereocenters. The van der Waals surface area contributed by atoms with E-state index >= 15 is 0 Å². The highest BCUT2D eigenvalue weighted by Crippen LogP contribution is 2.28. The molecule has 0 aromatic heterocycles. The topological polar surface area (TPSA) is 15.3 Å². The zero-order valence-corrected chi connectivity index (χ0v) is 11.9. The molecule has 18 heavy (non-hydrogen) atoms. The molecule has 2 nitrogen and oxygen atoms in total. The van der Waals surface area contributed by atoms with Gasteiger partial charge in [-0.25, -0.2) is 0 Å². The molecule has 2 rings (SSSR count). The van der Waals surface area contributed by atoms with E-state index in [0.717, 1.165) is 25.6 Å². The van der Waals surface area contributed by atoms with Crippen LogP contribution in [-0.4, -0.2) is 31.1 Å². The second kappa shape index (κ2) is 6.35.